The Morgan fingerprint density at radius 2 is 1.62 bits per heavy atom. The van der Waals surface area contributed by atoms with Gasteiger partial charge >= 0.3 is 0 Å². The van der Waals surface area contributed by atoms with Crippen LogP contribution in [0, 0.1) is 5.82 Å². The van der Waals surface area contributed by atoms with Gasteiger partial charge in [0.15, 0.2) is 0 Å². The predicted molar refractivity (Wildman–Crippen MR) is 126 cm³/mol. The summed E-state index contributed by atoms with van der Waals surface area (Å²) in [7, 11) is 0. The second kappa shape index (κ2) is 8.61. The van der Waals surface area contributed by atoms with Crippen LogP contribution in [0.4, 0.5) is 4.39 Å². The number of nitrogens with zero attached hydrogens (tertiary/aromatic N) is 3. The van der Waals surface area contributed by atoms with E-state index in [-0.39, 0.29) is 22.4 Å². The Kier molecular flexibility index (Phi) is 5.67. The summed E-state index contributed by atoms with van der Waals surface area (Å²) in [6.45, 7) is 1.65. The molecule has 2 aromatic heterocycles. The van der Waals surface area contributed by atoms with Gasteiger partial charge in [0.05, 0.1) is 30.6 Å². The Morgan fingerprint density at radius 3 is 2.34 bits per heavy atom. The van der Waals surface area contributed by atoms with Crippen LogP contribution in [0.2, 0.25) is 5.02 Å². The Hall–Kier alpha value is -2.81. The molecule has 2 aromatic carbocycles. The maximum atomic E-state index is 13.3. The van der Waals surface area contributed by atoms with E-state index in [0.29, 0.717) is 31.1 Å². The number of benzene rings is 2. The molecule has 0 N–H and O–H groups in total. The molecule has 4 aromatic rings. The fraction of sp³-hybridized carbons (Fsp3) is 0.174. The first kappa shape index (κ1) is 21.1. The second-order valence-electron chi connectivity index (χ2n) is 7.36. The number of carbonyl (C=O) groups is 2. The van der Waals surface area contributed by atoms with Gasteiger partial charge in [0.2, 0.25) is 0 Å². The number of piperazine rings is 1. The normalized spacial score (nSPS) is 14.2. The number of thiazole rings is 1. The van der Waals surface area contributed by atoms with Gasteiger partial charge in [-0.05, 0) is 42.5 Å². The van der Waals surface area contributed by atoms with Crippen molar-refractivity contribution in [2.24, 2.45) is 0 Å². The summed E-state index contributed by atoms with van der Waals surface area (Å²) in [4.78, 5) is 35.4. The van der Waals surface area contributed by atoms with Crippen molar-refractivity contribution in [3.8, 4) is 9.88 Å². The minimum atomic E-state index is -0.483. The molecule has 1 fully saturated rings. The highest BCUT2D eigenvalue weighted by molar-refractivity contribution is 7.26. The van der Waals surface area contributed by atoms with E-state index in [2.05, 4.69) is 4.98 Å². The lowest BCUT2D eigenvalue weighted by molar-refractivity contribution is 0.0538. The van der Waals surface area contributed by atoms with Gasteiger partial charge in [0, 0.05) is 26.2 Å². The number of halogens is 2. The van der Waals surface area contributed by atoms with E-state index in [9.17, 15) is 14.0 Å². The zero-order chi connectivity index (χ0) is 22.2. The molecule has 2 amide bonds. The number of fused-ring (bicyclic) bond motifs is 1. The third-order valence-electron chi connectivity index (χ3n) is 5.34. The number of thiophene rings is 1. The van der Waals surface area contributed by atoms with Crippen LogP contribution in [0.1, 0.15) is 20.0 Å². The van der Waals surface area contributed by atoms with Gasteiger partial charge in [0.1, 0.15) is 10.8 Å². The number of hydrogen-bond acceptors (Lipinski definition) is 5. The highest BCUT2D eigenvalue weighted by Crippen LogP contribution is 2.35. The fourth-order valence-electron chi connectivity index (χ4n) is 3.65. The van der Waals surface area contributed by atoms with E-state index in [1.54, 1.807) is 21.1 Å². The van der Waals surface area contributed by atoms with Gasteiger partial charge in [-0.15, -0.1) is 22.7 Å². The molecule has 0 unspecified atom stereocenters. The van der Waals surface area contributed by atoms with E-state index in [0.717, 1.165) is 26.2 Å². The van der Waals surface area contributed by atoms with Crippen molar-refractivity contribution < 1.29 is 14.0 Å². The van der Waals surface area contributed by atoms with Crippen molar-refractivity contribution in [3.63, 3.8) is 0 Å². The summed E-state index contributed by atoms with van der Waals surface area (Å²) < 4.78 is 14.4. The maximum absolute atomic E-state index is 13.3. The van der Waals surface area contributed by atoms with Crippen molar-refractivity contribution in [1.29, 1.82) is 0 Å². The van der Waals surface area contributed by atoms with E-state index < -0.39 is 5.82 Å². The Labute approximate surface area is 196 Å². The number of para-hydroxylation sites is 1. The summed E-state index contributed by atoms with van der Waals surface area (Å²) >= 11 is 9.07. The van der Waals surface area contributed by atoms with Crippen molar-refractivity contribution in [1.82, 2.24) is 14.8 Å². The summed E-state index contributed by atoms with van der Waals surface area (Å²) in [6, 6.07) is 15.5. The molecule has 5 rings (SSSR count). The monoisotopic (exact) mass is 485 g/mol. The zero-order valence-electron chi connectivity index (χ0n) is 16.8. The van der Waals surface area contributed by atoms with Gasteiger partial charge < -0.3 is 9.80 Å². The van der Waals surface area contributed by atoms with Crippen LogP contribution in [-0.2, 0) is 0 Å². The lowest BCUT2D eigenvalue weighted by Gasteiger charge is -2.34. The molecule has 0 bridgehead atoms. The van der Waals surface area contributed by atoms with E-state index in [1.165, 1.54) is 23.5 Å². The fourth-order valence-corrected chi connectivity index (χ4v) is 5.89. The van der Waals surface area contributed by atoms with Crippen LogP contribution < -0.4 is 0 Å². The number of carbonyl (C=O) groups excluding carboxylic acids is 2. The average molecular weight is 486 g/mol. The second-order valence-corrected chi connectivity index (χ2v) is 9.88. The van der Waals surface area contributed by atoms with Crippen molar-refractivity contribution in [2.45, 2.75) is 0 Å². The quantitative estimate of drug-likeness (QED) is 0.389. The molecule has 0 saturated carbocycles. The Bertz CT molecular complexity index is 1290. The molecule has 1 aliphatic heterocycles. The molecule has 162 valence electrons. The van der Waals surface area contributed by atoms with Crippen LogP contribution in [0.25, 0.3) is 20.1 Å². The molecule has 3 heterocycles. The third-order valence-corrected chi connectivity index (χ3v) is 7.93. The minimum absolute atomic E-state index is 0.0470. The molecule has 9 heteroatoms. The van der Waals surface area contributed by atoms with Crippen LogP contribution in [-0.4, -0.2) is 52.8 Å². The van der Waals surface area contributed by atoms with E-state index in [4.69, 9.17) is 11.6 Å². The molecule has 0 spiro atoms. The molecular formula is C23H17ClFN3O2S2. The molecule has 32 heavy (non-hydrogen) atoms. The molecular weight excluding hydrogens is 469 g/mol. The number of amides is 2. The van der Waals surface area contributed by atoms with Crippen LogP contribution in [0.15, 0.2) is 54.6 Å². The van der Waals surface area contributed by atoms with E-state index in [1.807, 2.05) is 36.4 Å². The lowest BCUT2D eigenvalue weighted by atomic mass is 10.1. The lowest BCUT2D eigenvalue weighted by Crippen LogP contribution is -2.50. The summed E-state index contributed by atoms with van der Waals surface area (Å²) in [5, 5.41) is 0.997. The number of aromatic nitrogens is 1. The van der Waals surface area contributed by atoms with Gasteiger partial charge in [-0.3, -0.25) is 9.59 Å². The molecule has 0 radical (unpaired) electrons. The zero-order valence-corrected chi connectivity index (χ0v) is 19.1. The van der Waals surface area contributed by atoms with Gasteiger partial charge in [-0.2, -0.15) is 0 Å². The Morgan fingerprint density at radius 1 is 0.906 bits per heavy atom. The SMILES string of the molecule is O=C(c1ccc(-c2nc3ccccc3s2)s1)N1CCN(C(=O)c2ccc(F)cc2Cl)CC1. The van der Waals surface area contributed by atoms with Crippen molar-refractivity contribution in [2.75, 3.05) is 26.2 Å². The first-order valence-corrected chi connectivity index (χ1v) is 12.0. The first-order valence-electron chi connectivity index (χ1n) is 9.99. The summed E-state index contributed by atoms with van der Waals surface area (Å²) in [5.74, 6) is -0.784. The highest BCUT2D eigenvalue weighted by Gasteiger charge is 2.27. The minimum Gasteiger partial charge on any atom is -0.335 e. The standard InChI is InChI=1S/C23H17ClFN3O2S2/c24-16-13-14(25)5-6-15(16)22(29)27-9-11-28(12-10-27)23(30)20-8-7-19(31-20)21-26-17-3-1-2-4-18(17)32-21/h1-8,13H,9-12H2. The Balaban J connectivity index is 1.25. The summed E-state index contributed by atoms with van der Waals surface area (Å²) in [6.07, 6.45) is 0. The maximum Gasteiger partial charge on any atom is 0.264 e. The average Bonchev–Trinajstić information content (AvgIpc) is 3.45. The smallest absolute Gasteiger partial charge is 0.264 e. The van der Waals surface area contributed by atoms with Gasteiger partial charge in [-0.25, -0.2) is 9.37 Å². The third kappa shape index (κ3) is 4.01. The van der Waals surface area contributed by atoms with Crippen LogP contribution in [0.5, 0.6) is 0 Å². The van der Waals surface area contributed by atoms with E-state index >= 15 is 0 Å². The molecule has 1 aliphatic rings. The first-order chi connectivity index (χ1) is 15.5. The van der Waals surface area contributed by atoms with Crippen LogP contribution in [0.3, 0.4) is 0 Å². The van der Waals surface area contributed by atoms with Gasteiger partial charge in [-0.1, -0.05) is 23.7 Å². The predicted octanol–water partition coefficient (Wildman–Crippen LogP) is 5.42. The molecule has 5 nitrogen and oxygen atoms in total. The molecule has 0 aliphatic carbocycles. The number of rotatable bonds is 3. The number of hydrogen-bond donors (Lipinski definition) is 0. The highest BCUT2D eigenvalue weighted by atomic mass is 35.5. The molecule has 1 saturated heterocycles. The van der Waals surface area contributed by atoms with Gasteiger partial charge in [0.25, 0.3) is 11.8 Å². The summed E-state index contributed by atoms with van der Waals surface area (Å²) in [5.41, 5.74) is 1.22. The van der Waals surface area contributed by atoms with Crippen LogP contribution >= 0.6 is 34.3 Å². The van der Waals surface area contributed by atoms with Crippen molar-refractivity contribution >= 4 is 56.3 Å². The van der Waals surface area contributed by atoms with Crippen molar-refractivity contribution in [3.05, 3.63) is 75.9 Å². The largest absolute Gasteiger partial charge is 0.335 e. The topological polar surface area (TPSA) is 53.5 Å². The molecule has 0 atom stereocenters.